The van der Waals surface area contributed by atoms with Crippen molar-refractivity contribution in [3.05, 3.63) is 65.3 Å². The third-order valence-electron chi connectivity index (χ3n) is 3.19. The van der Waals surface area contributed by atoms with Crippen LogP contribution in [0.3, 0.4) is 0 Å². The molecule has 0 aliphatic rings. The van der Waals surface area contributed by atoms with Gasteiger partial charge < -0.3 is 4.74 Å². The summed E-state index contributed by atoms with van der Waals surface area (Å²) in [5, 5.41) is 1.69. The molecule has 2 nitrogen and oxygen atoms in total. The molecule has 3 aromatic rings. The zero-order chi connectivity index (χ0) is 14.7. The largest absolute Gasteiger partial charge is 0.497 e. The molecule has 0 atom stereocenters. The third kappa shape index (κ3) is 3.31. The monoisotopic (exact) mass is 315 g/mol. The van der Waals surface area contributed by atoms with Crippen LogP contribution in [0.5, 0.6) is 5.75 Å². The van der Waals surface area contributed by atoms with Gasteiger partial charge in [0, 0.05) is 21.6 Å². The fourth-order valence-corrected chi connectivity index (χ4v) is 3.30. The van der Waals surface area contributed by atoms with Gasteiger partial charge in [0.05, 0.1) is 12.6 Å². The van der Waals surface area contributed by atoms with Crippen molar-refractivity contribution in [1.29, 1.82) is 0 Å². The second-order valence-electron chi connectivity index (χ2n) is 4.60. The van der Waals surface area contributed by atoms with Gasteiger partial charge in [0.25, 0.3) is 0 Å². The number of rotatable bonds is 4. The van der Waals surface area contributed by atoms with E-state index in [-0.39, 0.29) is 0 Å². The molecular formula is C17H14ClNOS. The van der Waals surface area contributed by atoms with Crippen molar-refractivity contribution in [3.63, 3.8) is 0 Å². The Morgan fingerprint density at radius 1 is 1.10 bits per heavy atom. The maximum atomic E-state index is 6.28. The summed E-state index contributed by atoms with van der Waals surface area (Å²) in [7, 11) is 1.67. The molecule has 21 heavy (non-hydrogen) atoms. The van der Waals surface area contributed by atoms with Crippen molar-refractivity contribution >= 4 is 34.3 Å². The Bertz CT molecular complexity index is 776. The third-order valence-corrected chi connectivity index (χ3v) is 4.56. The molecule has 0 aliphatic heterocycles. The second kappa shape index (κ2) is 6.37. The van der Waals surface area contributed by atoms with Crippen LogP contribution in [0.15, 0.2) is 59.5 Å². The number of ether oxygens (including phenoxy) is 1. The SMILES string of the molecule is COc1cccc(SCc2cc3ccccc3nc2Cl)c1. The van der Waals surface area contributed by atoms with Crippen LogP contribution < -0.4 is 4.74 Å². The minimum Gasteiger partial charge on any atom is -0.497 e. The van der Waals surface area contributed by atoms with Crippen LogP contribution in [0.25, 0.3) is 10.9 Å². The van der Waals surface area contributed by atoms with Crippen LogP contribution in [0.4, 0.5) is 0 Å². The summed E-state index contributed by atoms with van der Waals surface area (Å²) in [4.78, 5) is 5.60. The lowest BCUT2D eigenvalue weighted by atomic mass is 10.2. The maximum absolute atomic E-state index is 6.28. The van der Waals surface area contributed by atoms with Crippen molar-refractivity contribution in [2.75, 3.05) is 7.11 Å². The highest BCUT2D eigenvalue weighted by Crippen LogP contribution is 2.29. The lowest BCUT2D eigenvalue weighted by molar-refractivity contribution is 0.413. The first kappa shape index (κ1) is 14.2. The van der Waals surface area contributed by atoms with E-state index >= 15 is 0 Å². The standard InChI is InChI=1S/C17H14ClNOS/c1-20-14-6-4-7-15(10-14)21-11-13-9-12-5-2-3-8-16(12)19-17(13)18/h2-10H,11H2,1H3. The molecule has 0 fully saturated rings. The number of methoxy groups -OCH3 is 1. The molecule has 0 amide bonds. The summed E-state index contributed by atoms with van der Waals surface area (Å²) in [6.07, 6.45) is 0. The zero-order valence-corrected chi connectivity index (χ0v) is 13.1. The number of pyridine rings is 1. The van der Waals surface area contributed by atoms with E-state index in [9.17, 15) is 0 Å². The minimum absolute atomic E-state index is 0.573. The number of nitrogens with zero attached hydrogens (tertiary/aromatic N) is 1. The molecule has 0 radical (unpaired) electrons. The van der Waals surface area contributed by atoms with Gasteiger partial charge in [-0.3, -0.25) is 0 Å². The van der Waals surface area contributed by atoms with E-state index in [0.29, 0.717) is 5.15 Å². The zero-order valence-electron chi connectivity index (χ0n) is 11.5. The quantitative estimate of drug-likeness (QED) is 0.488. The van der Waals surface area contributed by atoms with Crippen LogP contribution in [0, 0.1) is 0 Å². The first-order chi connectivity index (χ1) is 10.3. The minimum atomic E-state index is 0.573. The van der Waals surface area contributed by atoms with E-state index in [1.54, 1.807) is 18.9 Å². The molecule has 0 N–H and O–H groups in total. The maximum Gasteiger partial charge on any atom is 0.133 e. The molecule has 0 bridgehead atoms. The average Bonchev–Trinajstić information content (AvgIpc) is 2.53. The molecule has 106 valence electrons. The van der Waals surface area contributed by atoms with Crippen molar-refractivity contribution in [3.8, 4) is 5.75 Å². The van der Waals surface area contributed by atoms with Gasteiger partial charge in [0.1, 0.15) is 10.9 Å². The first-order valence-corrected chi connectivity index (χ1v) is 7.93. The molecule has 1 aromatic heterocycles. The van der Waals surface area contributed by atoms with Crippen LogP contribution in [0.2, 0.25) is 5.15 Å². The summed E-state index contributed by atoms with van der Waals surface area (Å²) in [5.74, 6) is 1.65. The van der Waals surface area contributed by atoms with Crippen LogP contribution in [0.1, 0.15) is 5.56 Å². The van der Waals surface area contributed by atoms with E-state index in [0.717, 1.165) is 32.9 Å². The van der Waals surface area contributed by atoms with Crippen molar-refractivity contribution < 1.29 is 4.74 Å². The van der Waals surface area contributed by atoms with E-state index in [2.05, 4.69) is 23.2 Å². The van der Waals surface area contributed by atoms with E-state index < -0.39 is 0 Å². The number of thioether (sulfide) groups is 1. The molecule has 0 unspecified atom stereocenters. The number of fused-ring (bicyclic) bond motifs is 1. The van der Waals surface area contributed by atoms with Crippen molar-refractivity contribution in [1.82, 2.24) is 4.98 Å². The number of para-hydroxylation sites is 1. The van der Waals surface area contributed by atoms with Gasteiger partial charge in [-0.15, -0.1) is 11.8 Å². The first-order valence-electron chi connectivity index (χ1n) is 6.57. The highest BCUT2D eigenvalue weighted by molar-refractivity contribution is 7.98. The molecule has 4 heteroatoms. The normalized spacial score (nSPS) is 10.8. The van der Waals surface area contributed by atoms with Crippen molar-refractivity contribution in [2.45, 2.75) is 10.6 Å². The Morgan fingerprint density at radius 3 is 2.81 bits per heavy atom. The Kier molecular flexibility index (Phi) is 4.32. The summed E-state index contributed by atoms with van der Waals surface area (Å²) >= 11 is 8.00. The molecule has 3 rings (SSSR count). The van der Waals surface area contributed by atoms with Gasteiger partial charge in [-0.1, -0.05) is 35.9 Å². The smallest absolute Gasteiger partial charge is 0.133 e. The van der Waals surface area contributed by atoms with E-state index in [4.69, 9.17) is 16.3 Å². The predicted molar refractivity (Wildman–Crippen MR) is 89.3 cm³/mol. The fourth-order valence-electron chi connectivity index (χ4n) is 2.09. The Labute approximate surface area is 133 Å². The topological polar surface area (TPSA) is 22.1 Å². The van der Waals surface area contributed by atoms with Gasteiger partial charge in [-0.25, -0.2) is 4.98 Å². The summed E-state index contributed by atoms with van der Waals surface area (Å²) < 4.78 is 5.24. The molecular weight excluding hydrogens is 302 g/mol. The highest BCUT2D eigenvalue weighted by Gasteiger charge is 2.06. The number of hydrogen-bond acceptors (Lipinski definition) is 3. The van der Waals surface area contributed by atoms with E-state index in [1.807, 2.05) is 36.4 Å². The van der Waals surface area contributed by atoms with Gasteiger partial charge in [0.15, 0.2) is 0 Å². The summed E-state index contributed by atoms with van der Waals surface area (Å²) in [5.41, 5.74) is 1.97. The molecule has 0 saturated carbocycles. The number of hydrogen-bond donors (Lipinski definition) is 0. The summed E-state index contributed by atoms with van der Waals surface area (Å²) in [6.45, 7) is 0. The Hall–Kier alpha value is -1.71. The Balaban J connectivity index is 1.82. The second-order valence-corrected chi connectivity index (χ2v) is 6.01. The Morgan fingerprint density at radius 2 is 1.95 bits per heavy atom. The summed E-state index contributed by atoms with van der Waals surface area (Å²) in [6, 6.07) is 18.1. The average molecular weight is 316 g/mol. The van der Waals surface area contributed by atoms with Crippen LogP contribution in [-0.4, -0.2) is 12.1 Å². The van der Waals surface area contributed by atoms with Crippen molar-refractivity contribution in [2.24, 2.45) is 0 Å². The number of aromatic nitrogens is 1. The number of benzene rings is 2. The van der Waals surface area contributed by atoms with E-state index in [1.165, 1.54) is 0 Å². The molecule has 0 aliphatic carbocycles. The predicted octanol–water partition coefficient (Wildman–Crippen LogP) is 5.19. The van der Waals surface area contributed by atoms with Crippen LogP contribution in [-0.2, 0) is 5.75 Å². The van der Waals surface area contributed by atoms with Crippen LogP contribution >= 0.6 is 23.4 Å². The van der Waals surface area contributed by atoms with Gasteiger partial charge >= 0.3 is 0 Å². The molecule has 1 heterocycles. The van der Waals surface area contributed by atoms with Gasteiger partial charge in [0.2, 0.25) is 0 Å². The molecule has 0 spiro atoms. The number of halogens is 1. The highest BCUT2D eigenvalue weighted by atomic mass is 35.5. The van der Waals surface area contributed by atoms with Gasteiger partial charge in [-0.2, -0.15) is 0 Å². The van der Waals surface area contributed by atoms with Gasteiger partial charge in [-0.05, 0) is 30.3 Å². The fraction of sp³-hybridized carbons (Fsp3) is 0.118. The lowest BCUT2D eigenvalue weighted by Crippen LogP contribution is -1.89. The molecule has 0 saturated heterocycles. The molecule has 2 aromatic carbocycles. The lowest BCUT2D eigenvalue weighted by Gasteiger charge is -2.07.